The number of carbonyl (C=O) groups excluding carboxylic acids is 1. The van der Waals surface area contributed by atoms with Crippen LogP contribution in [0.15, 0.2) is 6.20 Å². The zero-order valence-corrected chi connectivity index (χ0v) is 12.3. The van der Waals surface area contributed by atoms with Crippen LogP contribution in [0.5, 0.6) is 0 Å². The summed E-state index contributed by atoms with van der Waals surface area (Å²) in [4.78, 5) is 14.4. The molecule has 19 heavy (non-hydrogen) atoms. The SMILES string of the molecule is CC1CCCC(C)C1N(C)C(=O)c1cnn(C)c1N. The minimum Gasteiger partial charge on any atom is -0.383 e. The highest BCUT2D eigenvalue weighted by molar-refractivity contribution is 5.98. The van der Waals surface area contributed by atoms with Crippen LogP contribution >= 0.6 is 0 Å². The van der Waals surface area contributed by atoms with Crippen LogP contribution in [0.3, 0.4) is 0 Å². The zero-order chi connectivity index (χ0) is 14.2. The number of aryl methyl sites for hydroxylation is 1. The van der Waals surface area contributed by atoms with Crippen LogP contribution < -0.4 is 5.73 Å². The fourth-order valence-corrected chi connectivity index (χ4v) is 3.36. The quantitative estimate of drug-likeness (QED) is 0.887. The normalized spacial score (nSPS) is 27.3. The molecule has 1 aliphatic rings. The second kappa shape index (κ2) is 5.23. The highest BCUT2D eigenvalue weighted by atomic mass is 16.2. The maximum Gasteiger partial charge on any atom is 0.259 e. The molecule has 106 valence electrons. The average molecular weight is 264 g/mol. The summed E-state index contributed by atoms with van der Waals surface area (Å²) < 4.78 is 1.54. The van der Waals surface area contributed by atoms with E-state index in [2.05, 4.69) is 18.9 Å². The summed E-state index contributed by atoms with van der Waals surface area (Å²) in [5.41, 5.74) is 6.40. The molecule has 0 saturated heterocycles. The Balaban J connectivity index is 2.21. The van der Waals surface area contributed by atoms with E-state index in [4.69, 9.17) is 5.73 Å². The van der Waals surface area contributed by atoms with Gasteiger partial charge in [0.05, 0.1) is 6.20 Å². The highest BCUT2D eigenvalue weighted by Gasteiger charge is 2.34. The highest BCUT2D eigenvalue weighted by Crippen LogP contribution is 2.33. The lowest BCUT2D eigenvalue weighted by Gasteiger charge is -2.40. The van der Waals surface area contributed by atoms with E-state index >= 15 is 0 Å². The molecule has 2 unspecified atom stereocenters. The number of anilines is 1. The minimum absolute atomic E-state index is 0.0174. The van der Waals surface area contributed by atoms with Crippen molar-refractivity contribution in [3.63, 3.8) is 0 Å². The van der Waals surface area contributed by atoms with Gasteiger partial charge in [0, 0.05) is 20.1 Å². The summed E-state index contributed by atoms with van der Waals surface area (Å²) in [6.45, 7) is 4.47. The van der Waals surface area contributed by atoms with Gasteiger partial charge in [-0.15, -0.1) is 0 Å². The Labute approximate surface area is 114 Å². The van der Waals surface area contributed by atoms with Gasteiger partial charge in [0.25, 0.3) is 5.91 Å². The van der Waals surface area contributed by atoms with E-state index in [0.717, 1.165) is 0 Å². The van der Waals surface area contributed by atoms with E-state index in [-0.39, 0.29) is 5.91 Å². The molecule has 0 radical (unpaired) electrons. The van der Waals surface area contributed by atoms with Crippen LogP contribution in [0.4, 0.5) is 5.82 Å². The van der Waals surface area contributed by atoms with Crippen LogP contribution in [0.25, 0.3) is 0 Å². The molecule has 1 heterocycles. The van der Waals surface area contributed by atoms with E-state index in [9.17, 15) is 4.79 Å². The van der Waals surface area contributed by atoms with Crippen molar-refractivity contribution in [3.8, 4) is 0 Å². The molecule has 0 aliphatic heterocycles. The van der Waals surface area contributed by atoms with Crippen molar-refractivity contribution in [2.45, 2.75) is 39.2 Å². The Bertz CT molecular complexity index is 458. The number of nitrogens with zero attached hydrogens (tertiary/aromatic N) is 3. The smallest absolute Gasteiger partial charge is 0.259 e. The molecule has 0 bridgehead atoms. The number of nitrogen functional groups attached to an aromatic ring is 1. The lowest BCUT2D eigenvalue weighted by molar-refractivity contribution is 0.0519. The number of rotatable bonds is 2. The molecule has 5 heteroatoms. The standard InChI is InChI=1S/C14H24N4O/c1-9-6-5-7-10(2)12(9)17(3)14(19)11-8-16-18(4)13(11)15/h8-10,12H,5-7,15H2,1-4H3. The molecule has 2 atom stereocenters. The third-order valence-electron chi connectivity index (χ3n) is 4.47. The number of aromatic nitrogens is 2. The first-order chi connectivity index (χ1) is 8.93. The van der Waals surface area contributed by atoms with Gasteiger partial charge in [-0.2, -0.15) is 5.10 Å². The topological polar surface area (TPSA) is 64.2 Å². The summed E-state index contributed by atoms with van der Waals surface area (Å²) in [5.74, 6) is 1.50. The average Bonchev–Trinajstić information content (AvgIpc) is 2.69. The van der Waals surface area contributed by atoms with Gasteiger partial charge < -0.3 is 10.6 Å². The third-order valence-corrected chi connectivity index (χ3v) is 4.47. The van der Waals surface area contributed by atoms with Gasteiger partial charge in [0.15, 0.2) is 0 Å². The van der Waals surface area contributed by atoms with E-state index in [1.807, 2.05) is 11.9 Å². The number of amides is 1. The van der Waals surface area contributed by atoms with Crippen LogP contribution in [-0.2, 0) is 7.05 Å². The van der Waals surface area contributed by atoms with Gasteiger partial charge in [-0.25, -0.2) is 0 Å². The molecular weight excluding hydrogens is 240 g/mol. The van der Waals surface area contributed by atoms with Crippen molar-refractivity contribution in [1.29, 1.82) is 0 Å². The summed E-state index contributed by atoms with van der Waals surface area (Å²) in [6, 6.07) is 0.292. The van der Waals surface area contributed by atoms with Crippen molar-refractivity contribution >= 4 is 11.7 Å². The first kappa shape index (κ1) is 13.9. The molecule has 1 amide bonds. The van der Waals surface area contributed by atoms with Gasteiger partial charge in [-0.1, -0.05) is 20.3 Å². The lowest BCUT2D eigenvalue weighted by Crippen LogP contribution is -2.47. The maximum atomic E-state index is 12.6. The van der Waals surface area contributed by atoms with Crippen molar-refractivity contribution < 1.29 is 4.79 Å². The van der Waals surface area contributed by atoms with E-state index in [1.54, 1.807) is 13.2 Å². The summed E-state index contributed by atoms with van der Waals surface area (Å²) in [6.07, 6.45) is 5.20. The van der Waals surface area contributed by atoms with Crippen molar-refractivity contribution in [2.24, 2.45) is 18.9 Å². The number of carbonyl (C=O) groups is 1. The zero-order valence-electron chi connectivity index (χ0n) is 12.3. The summed E-state index contributed by atoms with van der Waals surface area (Å²) in [7, 11) is 3.63. The number of nitrogens with two attached hydrogens (primary N) is 1. The molecule has 1 saturated carbocycles. The predicted molar refractivity (Wildman–Crippen MR) is 75.7 cm³/mol. The fourth-order valence-electron chi connectivity index (χ4n) is 3.36. The molecule has 1 aromatic heterocycles. The molecular formula is C14H24N4O. The Morgan fingerprint density at radius 2 is 2.00 bits per heavy atom. The second-order valence-electron chi connectivity index (χ2n) is 5.86. The van der Waals surface area contributed by atoms with Crippen molar-refractivity contribution in [2.75, 3.05) is 12.8 Å². The van der Waals surface area contributed by atoms with E-state index in [0.29, 0.717) is 29.3 Å². The van der Waals surface area contributed by atoms with Crippen molar-refractivity contribution in [1.82, 2.24) is 14.7 Å². The molecule has 0 aromatic carbocycles. The Kier molecular flexibility index (Phi) is 3.83. The Morgan fingerprint density at radius 3 is 2.47 bits per heavy atom. The predicted octanol–water partition coefficient (Wildman–Crippen LogP) is 1.90. The number of hydrogen-bond donors (Lipinski definition) is 1. The molecule has 1 aromatic rings. The van der Waals surface area contributed by atoms with Gasteiger partial charge in [-0.3, -0.25) is 9.48 Å². The number of hydrogen-bond acceptors (Lipinski definition) is 3. The molecule has 0 spiro atoms. The molecule has 1 aliphatic carbocycles. The van der Waals surface area contributed by atoms with Gasteiger partial charge in [0.1, 0.15) is 11.4 Å². The van der Waals surface area contributed by atoms with Crippen LogP contribution in [0.1, 0.15) is 43.5 Å². The lowest BCUT2D eigenvalue weighted by atomic mass is 9.78. The molecule has 1 fully saturated rings. The van der Waals surface area contributed by atoms with Gasteiger partial charge >= 0.3 is 0 Å². The van der Waals surface area contributed by atoms with E-state index in [1.165, 1.54) is 23.9 Å². The summed E-state index contributed by atoms with van der Waals surface area (Å²) >= 11 is 0. The summed E-state index contributed by atoms with van der Waals surface area (Å²) in [5, 5.41) is 4.05. The first-order valence-electron chi connectivity index (χ1n) is 6.98. The molecule has 5 nitrogen and oxygen atoms in total. The van der Waals surface area contributed by atoms with Gasteiger partial charge in [-0.05, 0) is 24.7 Å². The Hall–Kier alpha value is -1.52. The Morgan fingerprint density at radius 1 is 1.42 bits per heavy atom. The first-order valence-corrected chi connectivity index (χ1v) is 6.98. The third kappa shape index (κ3) is 2.46. The van der Waals surface area contributed by atoms with Gasteiger partial charge in [0.2, 0.25) is 0 Å². The minimum atomic E-state index is -0.0174. The second-order valence-corrected chi connectivity index (χ2v) is 5.86. The van der Waals surface area contributed by atoms with Crippen LogP contribution in [-0.4, -0.2) is 33.7 Å². The largest absolute Gasteiger partial charge is 0.383 e. The van der Waals surface area contributed by atoms with E-state index < -0.39 is 0 Å². The maximum absolute atomic E-state index is 12.6. The molecule has 2 rings (SSSR count). The monoisotopic (exact) mass is 264 g/mol. The van der Waals surface area contributed by atoms with Crippen LogP contribution in [0, 0.1) is 11.8 Å². The van der Waals surface area contributed by atoms with Crippen LogP contribution in [0.2, 0.25) is 0 Å². The fraction of sp³-hybridized carbons (Fsp3) is 0.714. The molecule has 2 N–H and O–H groups in total. The van der Waals surface area contributed by atoms with Crippen molar-refractivity contribution in [3.05, 3.63) is 11.8 Å².